The maximum atomic E-state index is 11.3. The summed E-state index contributed by atoms with van der Waals surface area (Å²) in [5.41, 5.74) is 0.0942. The standard InChI is InChI=1S/C7H7BrClNO4S/c1-10-3-4(15(9,12)13)5(8)6(10)7(11)14-2/h3H,1-2H3. The molecule has 84 valence electrons. The molecule has 0 aliphatic heterocycles. The van der Waals surface area contributed by atoms with Crippen LogP contribution in [0.1, 0.15) is 10.5 Å². The van der Waals surface area contributed by atoms with Crippen molar-refractivity contribution in [3.63, 3.8) is 0 Å². The van der Waals surface area contributed by atoms with E-state index in [9.17, 15) is 13.2 Å². The number of aryl methyl sites for hydroxylation is 1. The van der Waals surface area contributed by atoms with Crippen molar-refractivity contribution in [2.24, 2.45) is 7.05 Å². The van der Waals surface area contributed by atoms with Crippen molar-refractivity contribution < 1.29 is 17.9 Å². The number of hydrogen-bond donors (Lipinski definition) is 0. The van der Waals surface area contributed by atoms with Crippen LogP contribution in [0.5, 0.6) is 0 Å². The molecule has 0 aliphatic rings. The quantitative estimate of drug-likeness (QED) is 0.613. The van der Waals surface area contributed by atoms with Gasteiger partial charge in [-0.15, -0.1) is 0 Å². The molecule has 0 atom stereocenters. The van der Waals surface area contributed by atoms with Crippen LogP contribution in [0.25, 0.3) is 0 Å². The first-order valence-electron chi connectivity index (χ1n) is 3.66. The molecule has 0 radical (unpaired) electrons. The molecule has 0 N–H and O–H groups in total. The zero-order chi connectivity index (χ0) is 11.8. The second-order valence-electron chi connectivity index (χ2n) is 2.70. The van der Waals surface area contributed by atoms with Crippen LogP contribution in [0.3, 0.4) is 0 Å². The number of nitrogens with zero attached hydrogens (tertiary/aromatic N) is 1. The van der Waals surface area contributed by atoms with Gasteiger partial charge in [-0.1, -0.05) is 0 Å². The summed E-state index contributed by atoms with van der Waals surface area (Å²) < 4.78 is 28.1. The Bertz CT molecular complexity index is 507. The smallest absolute Gasteiger partial charge is 0.355 e. The van der Waals surface area contributed by atoms with Crippen LogP contribution in [0.4, 0.5) is 0 Å². The number of esters is 1. The van der Waals surface area contributed by atoms with Gasteiger partial charge in [0.25, 0.3) is 9.05 Å². The molecule has 0 fully saturated rings. The van der Waals surface area contributed by atoms with E-state index in [0.717, 1.165) is 0 Å². The van der Waals surface area contributed by atoms with Crippen LogP contribution in [-0.2, 0) is 20.8 Å². The fourth-order valence-electron chi connectivity index (χ4n) is 1.07. The summed E-state index contributed by atoms with van der Waals surface area (Å²) in [6, 6.07) is 0. The number of hydrogen-bond acceptors (Lipinski definition) is 4. The van der Waals surface area contributed by atoms with Crippen LogP contribution in [0.15, 0.2) is 15.6 Å². The molecule has 0 saturated heterocycles. The maximum absolute atomic E-state index is 11.3. The number of aromatic nitrogens is 1. The van der Waals surface area contributed by atoms with Crippen LogP contribution in [0.2, 0.25) is 0 Å². The lowest BCUT2D eigenvalue weighted by atomic mass is 10.4. The van der Waals surface area contributed by atoms with Crippen LogP contribution >= 0.6 is 26.6 Å². The predicted octanol–water partition coefficient (Wildman–Crippen LogP) is 1.50. The Balaban J connectivity index is 3.47. The van der Waals surface area contributed by atoms with Crippen molar-refractivity contribution in [2.75, 3.05) is 7.11 Å². The maximum Gasteiger partial charge on any atom is 0.355 e. The first-order chi connectivity index (χ1) is 6.79. The molecule has 0 unspecified atom stereocenters. The highest BCUT2D eigenvalue weighted by Crippen LogP contribution is 2.30. The van der Waals surface area contributed by atoms with Crippen molar-refractivity contribution in [2.45, 2.75) is 4.90 Å². The molecule has 0 amide bonds. The van der Waals surface area contributed by atoms with Crippen LogP contribution in [0, 0.1) is 0 Å². The van der Waals surface area contributed by atoms with E-state index >= 15 is 0 Å². The van der Waals surface area contributed by atoms with Gasteiger partial charge in [0.2, 0.25) is 0 Å². The molecule has 8 heteroatoms. The zero-order valence-corrected chi connectivity index (χ0v) is 11.0. The molecular weight excluding hydrogens is 310 g/mol. The minimum atomic E-state index is -3.88. The van der Waals surface area contributed by atoms with Gasteiger partial charge in [0, 0.05) is 23.9 Å². The van der Waals surface area contributed by atoms with Gasteiger partial charge in [0.15, 0.2) is 0 Å². The largest absolute Gasteiger partial charge is 0.464 e. The predicted molar refractivity (Wildman–Crippen MR) is 57.5 cm³/mol. The monoisotopic (exact) mass is 315 g/mol. The third kappa shape index (κ3) is 2.35. The molecule has 5 nitrogen and oxygen atoms in total. The Morgan fingerprint density at radius 2 is 2.13 bits per heavy atom. The molecule has 15 heavy (non-hydrogen) atoms. The van der Waals surface area contributed by atoms with Crippen molar-refractivity contribution in [1.82, 2.24) is 4.57 Å². The summed E-state index contributed by atoms with van der Waals surface area (Å²) in [7, 11) is 4.02. The van der Waals surface area contributed by atoms with Gasteiger partial charge in [-0.05, 0) is 15.9 Å². The number of methoxy groups -OCH3 is 1. The highest BCUT2D eigenvalue weighted by molar-refractivity contribution is 9.10. The Labute approximate surface area is 99.5 Å². The molecule has 0 bridgehead atoms. The Morgan fingerprint density at radius 1 is 1.60 bits per heavy atom. The number of ether oxygens (including phenoxy) is 1. The number of carbonyl (C=O) groups is 1. The fourth-order valence-corrected chi connectivity index (χ4v) is 3.48. The molecule has 1 heterocycles. The van der Waals surface area contributed by atoms with Gasteiger partial charge in [0.05, 0.1) is 11.6 Å². The average molecular weight is 317 g/mol. The Kier molecular flexibility index (Phi) is 3.47. The average Bonchev–Trinajstić information content (AvgIpc) is 2.40. The molecule has 0 saturated carbocycles. The third-order valence-electron chi connectivity index (χ3n) is 1.73. The van der Waals surface area contributed by atoms with E-state index in [0.29, 0.717) is 0 Å². The molecule has 0 aromatic carbocycles. The van der Waals surface area contributed by atoms with E-state index < -0.39 is 15.0 Å². The minimum Gasteiger partial charge on any atom is -0.464 e. The molecule has 1 rings (SSSR count). The van der Waals surface area contributed by atoms with Crippen LogP contribution in [-0.4, -0.2) is 26.1 Å². The van der Waals surface area contributed by atoms with Gasteiger partial charge in [-0.25, -0.2) is 13.2 Å². The molecule has 0 aliphatic carbocycles. The summed E-state index contributed by atoms with van der Waals surface area (Å²) in [4.78, 5) is 11.1. The highest BCUT2D eigenvalue weighted by Gasteiger charge is 2.25. The fraction of sp³-hybridized carbons (Fsp3) is 0.286. The number of rotatable bonds is 2. The minimum absolute atomic E-state index is 0.0942. The second-order valence-corrected chi connectivity index (χ2v) is 6.02. The molecule has 1 aromatic rings. The van der Waals surface area contributed by atoms with Gasteiger partial charge in [0.1, 0.15) is 10.6 Å². The van der Waals surface area contributed by atoms with Crippen molar-refractivity contribution in [3.05, 3.63) is 16.4 Å². The normalized spacial score (nSPS) is 11.5. The van der Waals surface area contributed by atoms with Gasteiger partial charge in [-0.2, -0.15) is 0 Å². The van der Waals surface area contributed by atoms with E-state index in [1.54, 1.807) is 0 Å². The van der Waals surface area contributed by atoms with E-state index in [-0.39, 0.29) is 15.1 Å². The van der Waals surface area contributed by atoms with Crippen molar-refractivity contribution in [1.29, 1.82) is 0 Å². The summed E-state index contributed by atoms with van der Waals surface area (Å²) in [6.45, 7) is 0. The van der Waals surface area contributed by atoms with Gasteiger partial charge in [-0.3, -0.25) is 0 Å². The van der Waals surface area contributed by atoms with E-state index in [1.807, 2.05) is 0 Å². The first kappa shape index (κ1) is 12.5. The lowest BCUT2D eigenvalue weighted by Gasteiger charge is -2.00. The van der Waals surface area contributed by atoms with E-state index in [2.05, 4.69) is 20.7 Å². The lowest BCUT2D eigenvalue weighted by molar-refractivity contribution is 0.0589. The van der Waals surface area contributed by atoms with Gasteiger partial charge >= 0.3 is 5.97 Å². The second kappa shape index (κ2) is 4.15. The van der Waals surface area contributed by atoms with E-state index in [1.165, 1.54) is 24.9 Å². The van der Waals surface area contributed by atoms with E-state index in [4.69, 9.17) is 10.7 Å². The highest BCUT2D eigenvalue weighted by atomic mass is 79.9. The molecule has 0 spiro atoms. The van der Waals surface area contributed by atoms with Crippen LogP contribution < -0.4 is 0 Å². The summed E-state index contributed by atoms with van der Waals surface area (Å²) in [6.07, 6.45) is 1.23. The lowest BCUT2D eigenvalue weighted by Crippen LogP contribution is -2.07. The third-order valence-corrected chi connectivity index (χ3v) is 4.13. The Morgan fingerprint density at radius 3 is 2.47 bits per heavy atom. The van der Waals surface area contributed by atoms with Crippen molar-refractivity contribution >= 4 is 41.6 Å². The number of halogens is 2. The Hall–Kier alpha value is -0.530. The van der Waals surface area contributed by atoms with Crippen molar-refractivity contribution in [3.8, 4) is 0 Å². The molecular formula is C7H7BrClNO4S. The van der Waals surface area contributed by atoms with Gasteiger partial charge < -0.3 is 9.30 Å². The molecule has 1 aromatic heterocycles. The summed E-state index contributed by atoms with van der Waals surface area (Å²) in [5.74, 6) is -0.643. The topological polar surface area (TPSA) is 65.4 Å². The summed E-state index contributed by atoms with van der Waals surface area (Å²) >= 11 is 2.99. The summed E-state index contributed by atoms with van der Waals surface area (Å²) in [5, 5.41) is 0. The zero-order valence-electron chi connectivity index (χ0n) is 7.82. The SMILES string of the molecule is COC(=O)c1c(Br)c(S(=O)(=O)Cl)cn1C. The first-order valence-corrected chi connectivity index (χ1v) is 6.77. The number of carbonyl (C=O) groups excluding carboxylic acids is 1.